The van der Waals surface area contributed by atoms with Gasteiger partial charge < -0.3 is 10.4 Å². The topological polar surface area (TPSA) is 84.2 Å². The molecule has 0 saturated heterocycles. The van der Waals surface area contributed by atoms with Gasteiger partial charge in [-0.2, -0.15) is 5.10 Å². The van der Waals surface area contributed by atoms with Crippen LogP contribution >= 0.6 is 11.3 Å². The van der Waals surface area contributed by atoms with E-state index in [2.05, 4.69) is 10.4 Å². The largest absolute Gasteiger partial charge is 0.480 e. The number of amides is 1. The first kappa shape index (κ1) is 13.3. The van der Waals surface area contributed by atoms with Crippen LogP contribution in [0.3, 0.4) is 0 Å². The number of nitrogens with zero attached hydrogens (tertiary/aromatic N) is 2. The van der Waals surface area contributed by atoms with Crippen molar-refractivity contribution in [1.29, 1.82) is 0 Å². The number of carbonyl (C=O) groups is 2. The molecule has 19 heavy (non-hydrogen) atoms. The summed E-state index contributed by atoms with van der Waals surface area (Å²) in [6.07, 6.45) is 0. The van der Waals surface area contributed by atoms with Gasteiger partial charge in [0.2, 0.25) is 0 Å². The molecule has 0 saturated carbocycles. The lowest BCUT2D eigenvalue weighted by Gasteiger charge is -1.99. The monoisotopic (exact) mass is 279 g/mol. The number of thiophene rings is 1. The minimum atomic E-state index is -0.974. The predicted octanol–water partition coefficient (Wildman–Crippen LogP) is 1.90. The SMILES string of the molecule is Cc1csc(C(=O)Nc2cc(C)n(CC(=O)O)n2)c1. The van der Waals surface area contributed by atoms with Crippen molar-refractivity contribution in [2.75, 3.05) is 5.32 Å². The van der Waals surface area contributed by atoms with Gasteiger partial charge in [0.05, 0.1) is 4.88 Å². The first-order valence-corrected chi connectivity index (χ1v) is 6.46. The molecule has 100 valence electrons. The van der Waals surface area contributed by atoms with Crippen molar-refractivity contribution in [3.05, 3.63) is 33.6 Å². The smallest absolute Gasteiger partial charge is 0.325 e. The summed E-state index contributed by atoms with van der Waals surface area (Å²) in [5.74, 6) is -0.856. The van der Waals surface area contributed by atoms with Crippen LogP contribution in [0.25, 0.3) is 0 Å². The van der Waals surface area contributed by atoms with Crippen molar-refractivity contribution < 1.29 is 14.7 Å². The second kappa shape index (κ2) is 5.23. The molecule has 0 bridgehead atoms. The van der Waals surface area contributed by atoms with Crippen LogP contribution in [0.5, 0.6) is 0 Å². The molecule has 2 heterocycles. The number of rotatable bonds is 4. The predicted molar refractivity (Wildman–Crippen MR) is 71.6 cm³/mol. The number of aliphatic carboxylic acids is 1. The van der Waals surface area contributed by atoms with Crippen LogP contribution in [0.1, 0.15) is 20.9 Å². The number of hydrogen-bond donors (Lipinski definition) is 2. The number of nitrogens with one attached hydrogen (secondary N) is 1. The van der Waals surface area contributed by atoms with Gasteiger partial charge >= 0.3 is 5.97 Å². The van der Waals surface area contributed by atoms with Crippen LogP contribution in [0.2, 0.25) is 0 Å². The van der Waals surface area contributed by atoms with Gasteiger partial charge in [-0.25, -0.2) is 0 Å². The fraction of sp³-hybridized carbons (Fsp3) is 0.250. The van der Waals surface area contributed by atoms with Gasteiger partial charge in [0, 0.05) is 11.8 Å². The van der Waals surface area contributed by atoms with Crippen LogP contribution in [-0.4, -0.2) is 26.8 Å². The zero-order chi connectivity index (χ0) is 14.0. The molecule has 6 nitrogen and oxygen atoms in total. The number of carboxylic acids is 1. The highest BCUT2D eigenvalue weighted by molar-refractivity contribution is 7.12. The molecule has 0 radical (unpaired) electrons. The molecule has 2 aromatic rings. The standard InChI is InChI=1S/C12H13N3O3S/c1-7-3-9(19-6-7)12(18)13-10-4-8(2)15(14-10)5-11(16)17/h3-4,6H,5H2,1-2H3,(H,16,17)(H,13,14,18). The van der Waals surface area contributed by atoms with E-state index in [1.165, 1.54) is 16.0 Å². The Morgan fingerprint density at radius 1 is 1.42 bits per heavy atom. The van der Waals surface area contributed by atoms with Crippen LogP contribution in [0.4, 0.5) is 5.82 Å². The molecule has 0 aliphatic heterocycles. The molecule has 7 heteroatoms. The zero-order valence-corrected chi connectivity index (χ0v) is 11.3. The van der Waals surface area contributed by atoms with E-state index in [4.69, 9.17) is 5.11 Å². The number of aromatic nitrogens is 2. The third-order valence-electron chi connectivity index (χ3n) is 2.46. The van der Waals surface area contributed by atoms with E-state index in [0.717, 1.165) is 5.56 Å². The summed E-state index contributed by atoms with van der Waals surface area (Å²) < 4.78 is 1.33. The molecule has 2 N–H and O–H groups in total. The lowest BCUT2D eigenvalue weighted by Crippen LogP contribution is -2.13. The first-order chi connectivity index (χ1) is 8.95. The van der Waals surface area contributed by atoms with Crippen molar-refractivity contribution in [2.45, 2.75) is 20.4 Å². The Kier molecular flexibility index (Phi) is 3.66. The Morgan fingerprint density at radius 2 is 2.16 bits per heavy atom. The van der Waals surface area contributed by atoms with Crippen molar-refractivity contribution in [2.24, 2.45) is 0 Å². The van der Waals surface area contributed by atoms with E-state index in [9.17, 15) is 9.59 Å². The minimum absolute atomic E-state index is 0.222. The first-order valence-electron chi connectivity index (χ1n) is 5.58. The summed E-state index contributed by atoms with van der Waals surface area (Å²) in [7, 11) is 0. The number of hydrogen-bond acceptors (Lipinski definition) is 4. The fourth-order valence-electron chi connectivity index (χ4n) is 1.59. The highest BCUT2D eigenvalue weighted by atomic mass is 32.1. The third-order valence-corrected chi connectivity index (χ3v) is 3.51. The average Bonchev–Trinajstić information content (AvgIpc) is 2.86. The molecular weight excluding hydrogens is 266 g/mol. The average molecular weight is 279 g/mol. The van der Waals surface area contributed by atoms with E-state index >= 15 is 0 Å². The maximum atomic E-state index is 11.9. The summed E-state index contributed by atoms with van der Waals surface area (Å²) in [6, 6.07) is 3.43. The molecule has 0 spiro atoms. The van der Waals surface area contributed by atoms with Gasteiger partial charge in [-0.1, -0.05) is 0 Å². The summed E-state index contributed by atoms with van der Waals surface area (Å²) >= 11 is 1.36. The summed E-state index contributed by atoms with van der Waals surface area (Å²) in [5.41, 5.74) is 1.71. The van der Waals surface area contributed by atoms with Crippen molar-refractivity contribution in [3.63, 3.8) is 0 Å². The van der Waals surface area contributed by atoms with E-state index in [0.29, 0.717) is 16.4 Å². The van der Waals surface area contributed by atoms with Crippen LogP contribution in [-0.2, 0) is 11.3 Å². The molecule has 1 amide bonds. The van der Waals surface area contributed by atoms with Gasteiger partial charge in [-0.15, -0.1) is 11.3 Å². The third kappa shape index (κ3) is 3.19. The second-order valence-corrected chi connectivity index (χ2v) is 5.08. The van der Waals surface area contributed by atoms with Gasteiger partial charge in [0.1, 0.15) is 6.54 Å². The Labute approximate surface area is 113 Å². The molecule has 0 atom stereocenters. The number of carbonyl (C=O) groups excluding carboxylic acids is 1. The molecular formula is C12H13N3O3S. The Bertz CT molecular complexity index is 630. The second-order valence-electron chi connectivity index (χ2n) is 4.16. The van der Waals surface area contributed by atoms with Crippen molar-refractivity contribution >= 4 is 29.0 Å². The van der Waals surface area contributed by atoms with Gasteiger partial charge in [0.25, 0.3) is 5.91 Å². The van der Waals surface area contributed by atoms with E-state index in [1.54, 1.807) is 19.1 Å². The van der Waals surface area contributed by atoms with Crippen LogP contribution < -0.4 is 5.32 Å². The van der Waals surface area contributed by atoms with E-state index in [-0.39, 0.29) is 12.5 Å². The number of carboxylic acid groups (broad SMARTS) is 1. The normalized spacial score (nSPS) is 10.4. The van der Waals surface area contributed by atoms with Crippen LogP contribution in [0, 0.1) is 13.8 Å². The fourth-order valence-corrected chi connectivity index (χ4v) is 2.38. The molecule has 0 aliphatic carbocycles. The number of aryl methyl sites for hydroxylation is 2. The lowest BCUT2D eigenvalue weighted by molar-refractivity contribution is -0.137. The summed E-state index contributed by atoms with van der Waals surface area (Å²) in [6.45, 7) is 3.43. The molecule has 0 fully saturated rings. The Balaban J connectivity index is 2.11. The zero-order valence-electron chi connectivity index (χ0n) is 10.5. The van der Waals surface area contributed by atoms with Crippen LogP contribution in [0.15, 0.2) is 17.5 Å². The van der Waals surface area contributed by atoms with Gasteiger partial charge in [0.15, 0.2) is 5.82 Å². The summed E-state index contributed by atoms with van der Waals surface area (Å²) in [5, 5.41) is 17.3. The molecule has 2 aromatic heterocycles. The van der Waals surface area contributed by atoms with E-state index in [1.807, 2.05) is 12.3 Å². The van der Waals surface area contributed by atoms with Gasteiger partial charge in [-0.05, 0) is 30.9 Å². The number of anilines is 1. The van der Waals surface area contributed by atoms with Gasteiger partial charge in [-0.3, -0.25) is 14.3 Å². The highest BCUT2D eigenvalue weighted by Gasteiger charge is 2.12. The van der Waals surface area contributed by atoms with Crippen molar-refractivity contribution in [1.82, 2.24) is 9.78 Å². The van der Waals surface area contributed by atoms with E-state index < -0.39 is 5.97 Å². The highest BCUT2D eigenvalue weighted by Crippen LogP contribution is 2.16. The minimum Gasteiger partial charge on any atom is -0.480 e. The molecule has 0 aliphatic rings. The lowest BCUT2D eigenvalue weighted by atomic mass is 10.3. The maximum absolute atomic E-state index is 11.9. The Morgan fingerprint density at radius 3 is 2.74 bits per heavy atom. The molecule has 0 unspecified atom stereocenters. The quantitative estimate of drug-likeness (QED) is 0.895. The summed E-state index contributed by atoms with van der Waals surface area (Å²) in [4.78, 5) is 23.1. The van der Waals surface area contributed by atoms with Crippen molar-refractivity contribution in [3.8, 4) is 0 Å². The Hall–Kier alpha value is -2.15. The molecule has 0 aromatic carbocycles. The maximum Gasteiger partial charge on any atom is 0.325 e. The molecule has 2 rings (SSSR count).